The fourth-order valence-electron chi connectivity index (χ4n) is 0.888. The molecule has 1 aromatic heterocycles. The van der Waals surface area contributed by atoms with Crippen LogP contribution in [0.5, 0.6) is 0 Å². The lowest BCUT2D eigenvalue weighted by Crippen LogP contribution is -2.11. The number of nitrogens with one attached hydrogen (secondary N) is 1. The Balaban J connectivity index is 2.47. The minimum absolute atomic E-state index is 0.0291. The molecule has 1 N–H and O–H groups in total. The van der Waals surface area contributed by atoms with E-state index in [2.05, 4.69) is 39.5 Å². The number of anilines is 1. The second-order valence-corrected chi connectivity index (χ2v) is 3.98. The number of aromatic nitrogens is 1. The molecule has 0 saturated carbocycles. The number of nitrogens with zero attached hydrogens (tertiary/aromatic N) is 1. The lowest BCUT2D eigenvalue weighted by atomic mass is 10.3. The van der Waals surface area contributed by atoms with E-state index < -0.39 is 0 Å². The highest BCUT2D eigenvalue weighted by Gasteiger charge is 2.00. The van der Waals surface area contributed by atoms with Crippen molar-refractivity contribution in [3.8, 4) is 0 Å². The number of rotatable bonds is 4. The summed E-state index contributed by atoms with van der Waals surface area (Å²) in [5, 5.41) is 2.70. The van der Waals surface area contributed by atoms with Gasteiger partial charge in [0.25, 0.3) is 0 Å². The molecule has 0 fully saturated rings. The fourth-order valence-corrected chi connectivity index (χ4v) is 1.21. The first-order valence-electron chi connectivity index (χ1n) is 4.24. The van der Waals surface area contributed by atoms with Gasteiger partial charge in [0, 0.05) is 16.2 Å². The fraction of sp³-hybridized carbons (Fsp3) is 0.200. The van der Waals surface area contributed by atoms with E-state index in [4.69, 9.17) is 0 Å². The van der Waals surface area contributed by atoms with Gasteiger partial charge in [0.05, 0.1) is 0 Å². The Kier molecular flexibility index (Phi) is 4.58. The molecular formula is C10H11IN2O. The van der Waals surface area contributed by atoms with Crippen molar-refractivity contribution in [2.45, 2.75) is 12.8 Å². The predicted molar refractivity (Wildman–Crippen MR) is 65.0 cm³/mol. The highest BCUT2D eigenvalue weighted by molar-refractivity contribution is 14.1. The van der Waals surface area contributed by atoms with E-state index in [0.717, 1.165) is 3.57 Å². The zero-order valence-electron chi connectivity index (χ0n) is 7.66. The van der Waals surface area contributed by atoms with Gasteiger partial charge in [0.2, 0.25) is 5.91 Å². The van der Waals surface area contributed by atoms with Crippen LogP contribution in [0.3, 0.4) is 0 Å². The van der Waals surface area contributed by atoms with E-state index in [1.807, 2.05) is 6.07 Å². The monoisotopic (exact) mass is 302 g/mol. The molecule has 4 heteroatoms. The minimum atomic E-state index is -0.0291. The largest absolute Gasteiger partial charge is 0.311 e. The SMILES string of the molecule is C=CCCC(=O)Nc1ccc(I)cn1. The van der Waals surface area contributed by atoms with Crippen molar-refractivity contribution in [2.75, 3.05) is 5.32 Å². The quantitative estimate of drug-likeness (QED) is 0.686. The summed E-state index contributed by atoms with van der Waals surface area (Å²) < 4.78 is 1.05. The number of halogens is 1. The van der Waals surface area contributed by atoms with Crippen molar-refractivity contribution in [1.82, 2.24) is 4.98 Å². The molecule has 0 saturated heterocycles. The summed E-state index contributed by atoms with van der Waals surface area (Å²) in [6.45, 7) is 3.55. The first-order valence-corrected chi connectivity index (χ1v) is 5.32. The van der Waals surface area contributed by atoms with Gasteiger partial charge in [-0.3, -0.25) is 4.79 Å². The van der Waals surface area contributed by atoms with Crippen LogP contribution in [-0.4, -0.2) is 10.9 Å². The topological polar surface area (TPSA) is 42.0 Å². The van der Waals surface area contributed by atoms with Crippen LogP contribution in [0.25, 0.3) is 0 Å². The normalized spacial score (nSPS) is 9.50. The Hall–Kier alpha value is -0.910. The third-order valence-electron chi connectivity index (χ3n) is 1.57. The van der Waals surface area contributed by atoms with Crippen LogP contribution in [0.4, 0.5) is 5.82 Å². The summed E-state index contributed by atoms with van der Waals surface area (Å²) in [5.74, 6) is 0.568. The molecular weight excluding hydrogens is 291 g/mol. The van der Waals surface area contributed by atoms with Gasteiger partial charge < -0.3 is 5.32 Å². The zero-order chi connectivity index (χ0) is 10.4. The first kappa shape index (κ1) is 11.2. The molecule has 1 aromatic rings. The zero-order valence-corrected chi connectivity index (χ0v) is 9.82. The Morgan fingerprint density at radius 2 is 2.43 bits per heavy atom. The number of pyridine rings is 1. The smallest absolute Gasteiger partial charge is 0.225 e. The van der Waals surface area contributed by atoms with Gasteiger partial charge in [-0.15, -0.1) is 6.58 Å². The van der Waals surface area contributed by atoms with Crippen LogP contribution in [0.2, 0.25) is 0 Å². The van der Waals surface area contributed by atoms with Gasteiger partial charge in [0.15, 0.2) is 0 Å². The van der Waals surface area contributed by atoms with Gasteiger partial charge in [-0.1, -0.05) is 6.08 Å². The lowest BCUT2D eigenvalue weighted by molar-refractivity contribution is -0.116. The molecule has 0 aromatic carbocycles. The van der Waals surface area contributed by atoms with Gasteiger partial charge in [-0.25, -0.2) is 4.98 Å². The molecule has 3 nitrogen and oxygen atoms in total. The number of hydrogen-bond donors (Lipinski definition) is 1. The van der Waals surface area contributed by atoms with Crippen molar-refractivity contribution in [2.24, 2.45) is 0 Å². The minimum Gasteiger partial charge on any atom is -0.311 e. The maximum absolute atomic E-state index is 11.3. The lowest BCUT2D eigenvalue weighted by Gasteiger charge is -2.02. The van der Waals surface area contributed by atoms with E-state index in [1.54, 1.807) is 18.3 Å². The molecule has 0 aliphatic carbocycles. The summed E-state index contributed by atoms with van der Waals surface area (Å²) in [7, 11) is 0. The van der Waals surface area contributed by atoms with Crippen LogP contribution < -0.4 is 5.32 Å². The summed E-state index contributed by atoms with van der Waals surface area (Å²) in [6, 6.07) is 3.68. The number of allylic oxidation sites excluding steroid dienone is 1. The van der Waals surface area contributed by atoms with Crippen LogP contribution in [-0.2, 0) is 4.79 Å². The Morgan fingerprint density at radius 1 is 1.64 bits per heavy atom. The number of hydrogen-bond acceptors (Lipinski definition) is 2. The first-order chi connectivity index (χ1) is 6.72. The highest BCUT2D eigenvalue weighted by Crippen LogP contribution is 2.07. The van der Waals surface area contributed by atoms with Crippen molar-refractivity contribution in [3.05, 3.63) is 34.6 Å². The average molecular weight is 302 g/mol. The van der Waals surface area contributed by atoms with Crippen molar-refractivity contribution >= 4 is 34.3 Å². The molecule has 0 spiro atoms. The van der Waals surface area contributed by atoms with Gasteiger partial charge in [-0.05, 0) is 41.1 Å². The van der Waals surface area contributed by atoms with Crippen LogP contribution in [0, 0.1) is 3.57 Å². The molecule has 74 valence electrons. The third kappa shape index (κ3) is 3.87. The standard InChI is InChI=1S/C10H11IN2O/c1-2-3-4-10(14)13-9-6-5-8(11)7-12-9/h2,5-7H,1,3-4H2,(H,12,13,14). The van der Waals surface area contributed by atoms with E-state index in [0.29, 0.717) is 18.7 Å². The van der Waals surface area contributed by atoms with E-state index in [-0.39, 0.29) is 5.91 Å². The molecule has 0 aliphatic heterocycles. The van der Waals surface area contributed by atoms with Gasteiger partial charge in [-0.2, -0.15) is 0 Å². The number of carbonyl (C=O) groups is 1. The average Bonchev–Trinajstić information content (AvgIpc) is 2.18. The molecule has 14 heavy (non-hydrogen) atoms. The molecule has 0 bridgehead atoms. The van der Waals surface area contributed by atoms with Crippen LogP contribution >= 0.6 is 22.6 Å². The maximum atomic E-state index is 11.3. The van der Waals surface area contributed by atoms with Crippen LogP contribution in [0.1, 0.15) is 12.8 Å². The molecule has 1 rings (SSSR count). The van der Waals surface area contributed by atoms with Crippen molar-refractivity contribution in [3.63, 3.8) is 0 Å². The van der Waals surface area contributed by atoms with Gasteiger partial charge in [0.1, 0.15) is 5.82 Å². The van der Waals surface area contributed by atoms with Crippen LogP contribution in [0.15, 0.2) is 31.0 Å². The number of carbonyl (C=O) groups excluding carboxylic acids is 1. The Morgan fingerprint density at radius 3 is 3.00 bits per heavy atom. The Bertz CT molecular complexity index is 321. The molecule has 1 amide bonds. The summed E-state index contributed by atoms with van der Waals surface area (Å²) in [6.07, 6.45) is 4.58. The molecule has 0 atom stereocenters. The Labute approximate surface area is 96.8 Å². The third-order valence-corrected chi connectivity index (χ3v) is 2.21. The van der Waals surface area contributed by atoms with Gasteiger partial charge >= 0.3 is 0 Å². The highest BCUT2D eigenvalue weighted by atomic mass is 127. The molecule has 0 aliphatic rings. The van der Waals surface area contributed by atoms with E-state index in [9.17, 15) is 4.79 Å². The predicted octanol–water partition coefficient (Wildman–Crippen LogP) is 2.59. The van der Waals surface area contributed by atoms with Crippen molar-refractivity contribution in [1.29, 1.82) is 0 Å². The molecule has 1 heterocycles. The number of amides is 1. The second kappa shape index (κ2) is 5.74. The summed E-state index contributed by atoms with van der Waals surface area (Å²) in [5.41, 5.74) is 0. The summed E-state index contributed by atoms with van der Waals surface area (Å²) in [4.78, 5) is 15.3. The maximum Gasteiger partial charge on any atom is 0.225 e. The van der Waals surface area contributed by atoms with E-state index >= 15 is 0 Å². The second-order valence-electron chi connectivity index (χ2n) is 2.74. The van der Waals surface area contributed by atoms with Crippen molar-refractivity contribution < 1.29 is 4.79 Å². The van der Waals surface area contributed by atoms with E-state index in [1.165, 1.54) is 0 Å². The molecule has 0 unspecified atom stereocenters. The summed E-state index contributed by atoms with van der Waals surface area (Å²) >= 11 is 2.16. The molecule has 0 radical (unpaired) electrons.